The number of benzene rings is 1. The summed E-state index contributed by atoms with van der Waals surface area (Å²) < 4.78 is 5.42. The second-order valence-electron chi connectivity index (χ2n) is 4.34. The first kappa shape index (κ1) is 11.9. The van der Waals surface area contributed by atoms with Gasteiger partial charge in [-0.1, -0.05) is 18.2 Å². The molecule has 1 amide bonds. The maximum atomic E-state index is 11.9. The highest BCUT2D eigenvalue weighted by molar-refractivity contribution is 5.77. The van der Waals surface area contributed by atoms with E-state index >= 15 is 0 Å². The van der Waals surface area contributed by atoms with Crippen LogP contribution in [0.4, 0.5) is 0 Å². The molecule has 0 saturated carbocycles. The van der Waals surface area contributed by atoms with Gasteiger partial charge in [0, 0.05) is 19.1 Å². The molecule has 2 rings (SSSR count). The lowest BCUT2D eigenvalue weighted by atomic mass is 10.1. The number of amides is 1. The van der Waals surface area contributed by atoms with Gasteiger partial charge in [-0.25, -0.2) is 0 Å². The largest absolute Gasteiger partial charge is 0.484 e. The molecule has 4 heteroatoms. The van der Waals surface area contributed by atoms with E-state index in [-0.39, 0.29) is 18.6 Å². The summed E-state index contributed by atoms with van der Waals surface area (Å²) >= 11 is 0. The first-order valence-electron chi connectivity index (χ1n) is 5.97. The molecule has 2 N–H and O–H groups in total. The number of nitrogens with two attached hydrogens (primary N) is 1. The Kier molecular flexibility index (Phi) is 3.98. The predicted molar refractivity (Wildman–Crippen MR) is 65.7 cm³/mol. The minimum atomic E-state index is 0.0176. The summed E-state index contributed by atoms with van der Waals surface area (Å²) in [6, 6.07) is 9.49. The van der Waals surface area contributed by atoms with Gasteiger partial charge >= 0.3 is 0 Å². The van der Waals surface area contributed by atoms with Crippen molar-refractivity contribution in [3.05, 3.63) is 30.3 Å². The van der Waals surface area contributed by atoms with E-state index in [1.165, 1.54) is 0 Å². The minimum absolute atomic E-state index is 0.0176. The molecule has 92 valence electrons. The molecule has 4 nitrogen and oxygen atoms in total. The second-order valence-corrected chi connectivity index (χ2v) is 4.34. The van der Waals surface area contributed by atoms with Crippen molar-refractivity contribution in [3.63, 3.8) is 0 Å². The molecular weight excluding hydrogens is 216 g/mol. The summed E-state index contributed by atoms with van der Waals surface area (Å²) in [5.41, 5.74) is 5.84. The first-order valence-corrected chi connectivity index (χ1v) is 5.97. The zero-order valence-electron chi connectivity index (χ0n) is 9.84. The Morgan fingerprint density at radius 3 is 2.88 bits per heavy atom. The summed E-state index contributed by atoms with van der Waals surface area (Å²) in [7, 11) is 0. The molecule has 0 spiro atoms. The zero-order valence-corrected chi connectivity index (χ0v) is 9.84. The van der Waals surface area contributed by atoms with Crippen LogP contribution in [0.25, 0.3) is 0 Å². The van der Waals surface area contributed by atoms with Gasteiger partial charge in [-0.2, -0.15) is 0 Å². The lowest BCUT2D eigenvalue weighted by molar-refractivity contribution is -0.134. The first-order chi connectivity index (χ1) is 8.25. The number of hydrogen-bond acceptors (Lipinski definition) is 3. The van der Waals surface area contributed by atoms with Crippen molar-refractivity contribution in [2.75, 3.05) is 19.7 Å². The van der Waals surface area contributed by atoms with Crippen LogP contribution in [0.2, 0.25) is 0 Å². The highest BCUT2D eigenvalue weighted by Crippen LogP contribution is 2.11. The summed E-state index contributed by atoms with van der Waals surface area (Å²) in [4.78, 5) is 13.7. The number of hydrogen-bond donors (Lipinski definition) is 1. The lowest BCUT2D eigenvalue weighted by Gasteiger charge is -2.30. The fourth-order valence-electron chi connectivity index (χ4n) is 1.99. The van der Waals surface area contributed by atoms with Crippen LogP contribution in [0.5, 0.6) is 5.75 Å². The van der Waals surface area contributed by atoms with E-state index in [0.717, 1.165) is 25.1 Å². The molecule has 1 aliphatic heterocycles. The third-order valence-corrected chi connectivity index (χ3v) is 2.92. The Labute approximate surface area is 101 Å². The second kappa shape index (κ2) is 5.68. The van der Waals surface area contributed by atoms with Crippen LogP contribution in [-0.2, 0) is 4.79 Å². The van der Waals surface area contributed by atoms with E-state index in [2.05, 4.69) is 0 Å². The Morgan fingerprint density at radius 2 is 2.18 bits per heavy atom. The topological polar surface area (TPSA) is 55.6 Å². The number of nitrogens with zero attached hydrogens (tertiary/aromatic N) is 1. The number of rotatable bonds is 3. The van der Waals surface area contributed by atoms with Gasteiger partial charge in [-0.15, -0.1) is 0 Å². The van der Waals surface area contributed by atoms with Gasteiger partial charge in [0.2, 0.25) is 0 Å². The third kappa shape index (κ3) is 3.46. The summed E-state index contributed by atoms with van der Waals surface area (Å²) in [6.45, 7) is 1.54. The molecule has 17 heavy (non-hydrogen) atoms. The van der Waals surface area contributed by atoms with Crippen molar-refractivity contribution in [2.45, 2.75) is 18.9 Å². The Hall–Kier alpha value is -1.55. The quantitative estimate of drug-likeness (QED) is 0.849. The van der Waals surface area contributed by atoms with Gasteiger partial charge in [0.15, 0.2) is 6.61 Å². The summed E-state index contributed by atoms with van der Waals surface area (Å²) in [5.74, 6) is 0.742. The Bertz CT molecular complexity index is 367. The van der Waals surface area contributed by atoms with Crippen molar-refractivity contribution < 1.29 is 9.53 Å². The van der Waals surface area contributed by atoms with E-state index in [4.69, 9.17) is 10.5 Å². The van der Waals surface area contributed by atoms with Gasteiger partial charge in [-0.05, 0) is 25.0 Å². The molecule has 1 saturated heterocycles. The van der Waals surface area contributed by atoms with Crippen LogP contribution in [0.15, 0.2) is 30.3 Å². The normalized spacial score (nSPS) is 20.1. The monoisotopic (exact) mass is 234 g/mol. The number of piperidine rings is 1. The molecule has 1 aliphatic rings. The molecule has 1 fully saturated rings. The van der Waals surface area contributed by atoms with Crippen molar-refractivity contribution >= 4 is 5.91 Å². The third-order valence-electron chi connectivity index (χ3n) is 2.92. The zero-order chi connectivity index (χ0) is 12.1. The number of para-hydroxylation sites is 1. The molecule has 1 atom stereocenters. The molecular formula is C13H18N2O2. The van der Waals surface area contributed by atoms with Gasteiger partial charge in [0.25, 0.3) is 5.91 Å². The van der Waals surface area contributed by atoms with Crippen LogP contribution in [0.3, 0.4) is 0 Å². The van der Waals surface area contributed by atoms with Crippen molar-refractivity contribution in [1.82, 2.24) is 4.90 Å². The molecule has 0 aromatic heterocycles. The van der Waals surface area contributed by atoms with E-state index in [9.17, 15) is 4.79 Å². The summed E-state index contributed by atoms with van der Waals surface area (Å²) in [6.07, 6.45) is 1.99. The highest BCUT2D eigenvalue weighted by Gasteiger charge is 2.21. The van der Waals surface area contributed by atoms with Crippen LogP contribution < -0.4 is 10.5 Å². The van der Waals surface area contributed by atoms with Crippen LogP contribution >= 0.6 is 0 Å². The average molecular weight is 234 g/mol. The standard InChI is InChI=1S/C13H18N2O2/c14-11-5-4-8-15(9-11)13(16)10-17-12-6-2-1-3-7-12/h1-3,6-7,11H,4-5,8-10,14H2. The van der Waals surface area contributed by atoms with Crippen molar-refractivity contribution in [1.29, 1.82) is 0 Å². The molecule has 1 heterocycles. The van der Waals surface area contributed by atoms with Crippen molar-refractivity contribution in [3.8, 4) is 5.75 Å². The molecule has 0 radical (unpaired) electrons. The molecule has 1 aromatic rings. The van der Waals surface area contributed by atoms with E-state index in [0.29, 0.717) is 6.54 Å². The van der Waals surface area contributed by atoms with Crippen LogP contribution in [-0.4, -0.2) is 36.5 Å². The smallest absolute Gasteiger partial charge is 0.260 e. The maximum absolute atomic E-state index is 11.9. The number of ether oxygens (including phenoxy) is 1. The Morgan fingerprint density at radius 1 is 1.41 bits per heavy atom. The molecule has 0 bridgehead atoms. The predicted octanol–water partition coefficient (Wildman–Crippen LogP) is 1.02. The van der Waals surface area contributed by atoms with Crippen molar-refractivity contribution in [2.24, 2.45) is 5.73 Å². The highest BCUT2D eigenvalue weighted by atomic mass is 16.5. The molecule has 0 aliphatic carbocycles. The van der Waals surface area contributed by atoms with Gasteiger partial charge in [0.1, 0.15) is 5.75 Å². The summed E-state index contributed by atoms with van der Waals surface area (Å²) in [5, 5.41) is 0. The number of likely N-dealkylation sites (tertiary alicyclic amines) is 1. The minimum Gasteiger partial charge on any atom is -0.484 e. The van der Waals surface area contributed by atoms with Gasteiger partial charge in [-0.3, -0.25) is 4.79 Å². The van der Waals surface area contributed by atoms with Crippen LogP contribution in [0, 0.1) is 0 Å². The average Bonchev–Trinajstić information content (AvgIpc) is 2.37. The van der Waals surface area contributed by atoms with E-state index < -0.39 is 0 Å². The molecule has 1 unspecified atom stereocenters. The van der Waals surface area contributed by atoms with Gasteiger partial charge in [0.05, 0.1) is 0 Å². The lowest BCUT2D eigenvalue weighted by Crippen LogP contribution is -2.47. The van der Waals surface area contributed by atoms with E-state index in [1.807, 2.05) is 30.3 Å². The fraction of sp³-hybridized carbons (Fsp3) is 0.462. The van der Waals surface area contributed by atoms with Crippen LogP contribution in [0.1, 0.15) is 12.8 Å². The number of carbonyl (C=O) groups excluding carboxylic acids is 1. The fourth-order valence-corrected chi connectivity index (χ4v) is 1.99. The van der Waals surface area contributed by atoms with E-state index in [1.54, 1.807) is 4.90 Å². The Balaban J connectivity index is 1.81. The maximum Gasteiger partial charge on any atom is 0.260 e. The molecule has 1 aromatic carbocycles. The number of carbonyl (C=O) groups is 1. The SMILES string of the molecule is NC1CCCN(C(=O)COc2ccccc2)C1. The van der Waals surface area contributed by atoms with Gasteiger partial charge < -0.3 is 15.4 Å².